The fourth-order valence-electron chi connectivity index (χ4n) is 4.36. The predicted octanol–water partition coefficient (Wildman–Crippen LogP) is 4.41. The zero-order chi connectivity index (χ0) is 21.5. The van der Waals surface area contributed by atoms with Gasteiger partial charge in [0.1, 0.15) is 11.5 Å². The van der Waals surface area contributed by atoms with Crippen molar-refractivity contribution >= 4 is 22.3 Å². The van der Waals surface area contributed by atoms with Crippen LogP contribution in [0.15, 0.2) is 40.7 Å². The first kappa shape index (κ1) is 21.8. The number of thiophene rings is 1. The van der Waals surface area contributed by atoms with E-state index >= 15 is 0 Å². The van der Waals surface area contributed by atoms with Crippen molar-refractivity contribution < 1.29 is 9.47 Å². The van der Waals surface area contributed by atoms with Crippen LogP contribution in [-0.2, 0) is 6.54 Å². The molecule has 2 aromatic rings. The Balaban J connectivity index is 1.31. The Bertz CT molecular complexity index is 841. The van der Waals surface area contributed by atoms with Crippen molar-refractivity contribution in [2.45, 2.75) is 57.2 Å². The molecule has 0 radical (unpaired) electrons. The SMILES string of the molecule is CN=C(NCc1ccc(OC)cc1OC1CCCC1)NC1CCN(c2cccs2)CC1. The van der Waals surface area contributed by atoms with Gasteiger partial charge in [-0.05, 0) is 68.2 Å². The minimum absolute atomic E-state index is 0.317. The molecule has 0 unspecified atom stereocenters. The average molecular weight is 443 g/mol. The quantitative estimate of drug-likeness (QED) is 0.491. The first-order valence-electron chi connectivity index (χ1n) is 11.3. The highest BCUT2D eigenvalue weighted by molar-refractivity contribution is 7.14. The molecule has 2 fully saturated rings. The molecule has 1 aliphatic heterocycles. The lowest BCUT2D eigenvalue weighted by atomic mass is 10.1. The summed E-state index contributed by atoms with van der Waals surface area (Å²) in [4.78, 5) is 6.93. The maximum atomic E-state index is 6.33. The van der Waals surface area contributed by atoms with Crippen molar-refractivity contribution in [1.29, 1.82) is 0 Å². The summed E-state index contributed by atoms with van der Waals surface area (Å²) in [5, 5.41) is 10.6. The van der Waals surface area contributed by atoms with Gasteiger partial charge in [-0.2, -0.15) is 0 Å². The second-order valence-electron chi connectivity index (χ2n) is 8.28. The number of methoxy groups -OCH3 is 1. The fourth-order valence-corrected chi connectivity index (χ4v) is 5.15. The molecular formula is C24H34N4O2S. The molecule has 168 valence electrons. The number of hydrogen-bond donors (Lipinski definition) is 2. The summed E-state index contributed by atoms with van der Waals surface area (Å²) in [6.07, 6.45) is 7.31. The molecule has 0 atom stereocenters. The average Bonchev–Trinajstić information content (AvgIpc) is 3.52. The van der Waals surface area contributed by atoms with E-state index in [4.69, 9.17) is 9.47 Å². The zero-order valence-electron chi connectivity index (χ0n) is 18.6. The Labute approximate surface area is 189 Å². The minimum atomic E-state index is 0.317. The number of guanidine groups is 1. The molecule has 0 spiro atoms. The van der Waals surface area contributed by atoms with Gasteiger partial charge in [0.2, 0.25) is 0 Å². The van der Waals surface area contributed by atoms with Gasteiger partial charge in [-0.25, -0.2) is 0 Å². The highest BCUT2D eigenvalue weighted by Gasteiger charge is 2.21. The van der Waals surface area contributed by atoms with E-state index in [0.29, 0.717) is 18.7 Å². The van der Waals surface area contributed by atoms with Crippen LogP contribution in [0.4, 0.5) is 5.00 Å². The van der Waals surface area contributed by atoms with E-state index in [1.165, 1.54) is 17.8 Å². The van der Waals surface area contributed by atoms with Gasteiger partial charge in [0.05, 0.1) is 18.2 Å². The molecule has 7 heteroatoms. The summed E-state index contributed by atoms with van der Waals surface area (Å²) in [5.41, 5.74) is 1.13. The molecule has 2 aliphatic rings. The number of piperidine rings is 1. The van der Waals surface area contributed by atoms with Crippen LogP contribution >= 0.6 is 11.3 Å². The Morgan fingerprint density at radius 2 is 1.97 bits per heavy atom. The lowest BCUT2D eigenvalue weighted by Gasteiger charge is -2.33. The standard InChI is InChI=1S/C24H34N4O2S/c1-25-24(27-19-11-13-28(14-12-19)23-8-5-15-31-23)26-17-18-9-10-21(29-2)16-22(18)30-20-6-3-4-7-20/h5,8-10,15-16,19-20H,3-4,6-7,11-14,17H2,1-2H3,(H2,25,26,27). The Hall–Kier alpha value is -2.41. The Morgan fingerprint density at radius 1 is 1.16 bits per heavy atom. The molecule has 2 heterocycles. The molecular weight excluding hydrogens is 408 g/mol. The summed E-state index contributed by atoms with van der Waals surface area (Å²) >= 11 is 1.82. The molecule has 1 aromatic carbocycles. The van der Waals surface area contributed by atoms with Gasteiger partial charge in [0.15, 0.2) is 5.96 Å². The number of hydrogen-bond acceptors (Lipinski definition) is 5. The minimum Gasteiger partial charge on any atom is -0.497 e. The molecule has 1 saturated heterocycles. The molecule has 0 bridgehead atoms. The van der Waals surface area contributed by atoms with E-state index in [0.717, 1.165) is 61.8 Å². The smallest absolute Gasteiger partial charge is 0.191 e. The van der Waals surface area contributed by atoms with Gasteiger partial charge >= 0.3 is 0 Å². The topological polar surface area (TPSA) is 58.1 Å². The van der Waals surface area contributed by atoms with Crippen molar-refractivity contribution in [3.63, 3.8) is 0 Å². The van der Waals surface area contributed by atoms with Gasteiger partial charge in [-0.1, -0.05) is 0 Å². The fraction of sp³-hybridized carbons (Fsp3) is 0.542. The lowest BCUT2D eigenvalue weighted by Crippen LogP contribution is -2.48. The van der Waals surface area contributed by atoms with Crippen molar-refractivity contribution in [3.8, 4) is 11.5 Å². The van der Waals surface area contributed by atoms with Crippen LogP contribution in [0, 0.1) is 0 Å². The monoisotopic (exact) mass is 442 g/mol. The van der Waals surface area contributed by atoms with Gasteiger partial charge in [-0.3, -0.25) is 4.99 Å². The Morgan fingerprint density at radius 3 is 2.65 bits per heavy atom. The molecule has 6 nitrogen and oxygen atoms in total. The zero-order valence-corrected chi connectivity index (χ0v) is 19.4. The van der Waals surface area contributed by atoms with E-state index in [1.807, 2.05) is 30.5 Å². The summed E-state index contributed by atoms with van der Waals surface area (Å²) in [6, 6.07) is 10.9. The number of nitrogens with zero attached hydrogens (tertiary/aromatic N) is 2. The van der Waals surface area contributed by atoms with Crippen LogP contribution in [0.2, 0.25) is 0 Å². The van der Waals surface area contributed by atoms with Crippen LogP contribution in [-0.4, -0.2) is 45.4 Å². The van der Waals surface area contributed by atoms with Gasteiger partial charge in [0, 0.05) is 44.4 Å². The van der Waals surface area contributed by atoms with E-state index in [1.54, 1.807) is 7.11 Å². The van der Waals surface area contributed by atoms with Crippen LogP contribution in [0.3, 0.4) is 0 Å². The summed E-state index contributed by atoms with van der Waals surface area (Å²) in [7, 11) is 3.53. The molecule has 2 N–H and O–H groups in total. The summed E-state index contributed by atoms with van der Waals surface area (Å²) in [6.45, 7) is 2.82. The molecule has 0 amide bonds. The number of aliphatic imine (C=N–C) groups is 1. The molecule has 1 aromatic heterocycles. The highest BCUT2D eigenvalue weighted by atomic mass is 32.1. The van der Waals surface area contributed by atoms with Crippen LogP contribution in [0.5, 0.6) is 11.5 Å². The third-order valence-corrected chi connectivity index (χ3v) is 7.12. The van der Waals surface area contributed by atoms with E-state index in [9.17, 15) is 0 Å². The molecule has 31 heavy (non-hydrogen) atoms. The second kappa shape index (κ2) is 10.8. The van der Waals surface area contributed by atoms with Crippen LogP contribution in [0.25, 0.3) is 0 Å². The van der Waals surface area contributed by atoms with Crippen molar-refractivity contribution in [3.05, 3.63) is 41.3 Å². The van der Waals surface area contributed by atoms with E-state index < -0.39 is 0 Å². The first-order chi connectivity index (χ1) is 15.2. The van der Waals surface area contributed by atoms with E-state index in [-0.39, 0.29) is 0 Å². The maximum absolute atomic E-state index is 6.33. The van der Waals surface area contributed by atoms with Crippen molar-refractivity contribution in [2.24, 2.45) is 4.99 Å². The lowest BCUT2D eigenvalue weighted by molar-refractivity contribution is 0.207. The van der Waals surface area contributed by atoms with Crippen molar-refractivity contribution in [1.82, 2.24) is 10.6 Å². The highest BCUT2D eigenvalue weighted by Crippen LogP contribution is 2.30. The van der Waals surface area contributed by atoms with Crippen LogP contribution in [0.1, 0.15) is 44.1 Å². The summed E-state index contributed by atoms with van der Waals surface area (Å²) < 4.78 is 11.7. The van der Waals surface area contributed by atoms with Gasteiger partial charge < -0.3 is 25.0 Å². The summed E-state index contributed by atoms with van der Waals surface area (Å²) in [5.74, 6) is 2.59. The Kier molecular flexibility index (Phi) is 7.57. The van der Waals surface area contributed by atoms with E-state index in [2.05, 4.69) is 44.1 Å². The number of ether oxygens (including phenoxy) is 2. The molecule has 1 saturated carbocycles. The van der Waals surface area contributed by atoms with Crippen LogP contribution < -0.4 is 25.0 Å². The third-order valence-electron chi connectivity index (χ3n) is 6.19. The number of nitrogens with one attached hydrogen (secondary N) is 2. The number of benzene rings is 1. The largest absolute Gasteiger partial charge is 0.497 e. The van der Waals surface area contributed by atoms with Gasteiger partial charge in [-0.15, -0.1) is 11.3 Å². The molecule has 4 rings (SSSR count). The van der Waals surface area contributed by atoms with Gasteiger partial charge in [0.25, 0.3) is 0 Å². The first-order valence-corrected chi connectivity index (χ1v) is 12.2. The second-order valence-corrected chi connectivity index (χ2v) is 9.21. The maximum Gasteiger partial charge on any atom is 0.191 e. The van der Waals surface area contributed by atoms with Crippen molar-refractivity contribution in [2.75, 3.05) is 32.1 Å². The predicted molar refractivity (Wildman–Crippen MR) is 129 cm³/mol. The normalized spacial score (nSPS) is 18.3. The number of anilines is 1. The number of rotatable bonds is 7. The third kappa shape index (κ3) is 5.85. The molecule has 1 aliphatic carbocycles.